The van der Waals surface area contributed by atoms with Crippen LogP contribution in [0.2, 0.25) is 0 Å². The molecule has 1 unspecified atom stereocenters. The van der Waals surface area contributed by atoms with Crippen LogP contribution in [0.15, 0.2) is 0 Å². The summed E-state index contributed by atoms with van der Waals surface area (Å²) in [5.41, 5.74) is -0.203. The van der Waals surface area contributed by atoms with Crippen molar-refractivity contribution in [2.45, 2.75) is 31.2 Å². The summed E-state index contributed by atoms with van der Waals surface area (Å²) >= 11 is 0. The van der Waals surface area contributed by atoms with E-state index < -0.39 is 0 Å². The number of rotatable bonds is 7. The van der Waals surface area contributed by atoms with Crippen LogP contribution in [-0.4, -0.2) is 50.7 Å². The molecular weight excluding hydrogens is 218 g/mol. The van der Waals surface area contributed by atoms with Crippen LogP contribution in [0, 0.1) is 11.8 Å². The minimum Gasteiger partial charge on any atom is -0.394 e. The van der Waals surface area contributed by atoms with Crippen molar-refractivity contribution in [2.75, 3.05) is 40.1 Å². The Morgan fingerprint density at radius 1 is 1.29 bits per heavy atom. The lowest BCUT2D eigenvalue weighted by Gasteiger charge is -2.32. The Labute approximate surface area is 104 Å². The molecule has 2 aliphatic rings. The van der Waals surface area contributed by atoms with E-state index in [1.165, 1.54) is 12.8 Å². The predicted molar refractivity (Wildman–Crippen MR) is 66.0 cm³/mol. The van der Waals surface area contributed by atoms with Crippen molar-refractivity contribution in [3.8, 4) is 0 Å². The minimum absolute atomic E-state index is 0.169. The molecule has 1 saturated carbocycles. The number of ether oxygens (including phenoxy) is 2. The largest absolute Gasteiger partial charge is 0.394 e. The molecule has 0 aromatic carbocycles. The molecule has 0 amide bonds. The highest BCUT2D eigenvalue weighted by atomic mass is 16.5. The molecule has 4 nitrogen and oxygen atoms in total. The number of aliphatic hydroxyl groups is 1. The number of likely N-dealkylation sites (N-methyl/N-ethyl adjacent to an activating group) is 1. The Morgan fingerprint density at radius 2 is 2.00 bits per heavy atom. The first-order chi connectivity index (χ1) is 8.30. The normalized spacial score (nSPS) is 25.8. The summed E-state index contributed by atoms with van der Waals surface area (Å²) in [7, 11) is 1.92. The molecule has 0 bridgehead atoms. The molecule has 2 fully saturated rings. The lowest BCUT2D eigenvalue weighted by Crippen LogP contribution is -2.52. The van der Waals surface area contributed by atoms with Gasteiger partial charge in [-0.3, -0.25) is 0 Å². The summed E-state index contributed by atoms with van der Waals surface area (Å²) in [4.78, 5) is 0. The van der Waals surface area contributed by atoms with Gasteiger partial charge >= 0.3 is 0 Å². The van der Waals surface area contributed by atoms with Crippen molar-refractivity contribution in [1.29, 1.82) is 0 Å². The molecule has 0 radical (unpaired) electrons. The molecule has 4 heteroatoms. The fraction of sp³-hybridized carbons (Fsp3) is 1.00. The van der Waals surface area contributed by atoms with E-state index in [1.807, 2.05) is 7.05 Å². The molecule has 2 rings (SSSR count). The number of hydrogen-bond donors (Lipinski definition) is 2. The van der Waals surface area contributed by atoms with E-state index in [0.717, 1.165) is 32.7 Å². The average molecular weight is 243 g/mol. The minimum atomic E-state index is -0.203. The van der Waals surface area contributed by atoms with Crippen LogP contribution in [0.5, 0.6) is 0 Å². The van der Waals surface area contributed by atoms with Crippen molar-refractivity contribution < 1.29 is 14.6 Å². The van der Waals surface area contributed by atoms with Gasteiger partial charge in [0.25, 0.3) is 0 Å². The number of aliphatic hydroxyl groups excluding tert-OH is 1. The standard InChI is InChI=1S/C13H25NO3/c1-14-13(9-15,12-2-3-12)10-17-8-11-4-6-16-7-5-11/h11-12,14-15H,2-10H2,1H3. The van der Waals surface area contributed by atoms with Crippen LogP contribution in [0.1, 0.15) is 25.7 Å². The highest BCUT2D eigenvalue weighted by molar-refractivity contribution is 5.00. The van der Waals surface area contributed by atoms with Crippen molar-refractivity contribution >= 4 is 0 Å². The third kappa shape index (κ3) is 3.41. The molecule has 0 aromatic rings. The van der Waals surface area contributed by atoms with Gasteiger partial charge < -0.3 is 19.9 Å². The summed E-state index contributed by atoms with van der Waals surface area (Å²) in [6.07, 6.45) is 4.63. The van der Waals surface area contributed by atoms with E-state index >= 15 is 0 Å². The Balaban J connectivity index is 1.71. The molecule has 0 spiro atoms. The monoisotopic (exact) mass is 243 g/mol. The molecule has 1 saturated heterocycles. The highest BCUT2D eigenvalue weighted by Gasteiger charge is 2.44. The first-order valence-electron chi connectivity index (χ1n) is 6.76. The summed E-state index contributed by atoms with van der Waals surface area (Å²) in [6.45, 7) is 3.34. The van der Waals surface area contributed by atoms with E-state index in [1.54, 1.807) is 0 Å². The zero-order valence-corrected chi connectivity index (χ0v) is 10.8. The lowest BCUT2D eigenvalue weighted by atomic mass is 9.95. The van der Waals surface area contributed by atoms with Crippen molar-refractivity contribution in [3.63, 3.8) is 0 Å². The summed E-state index contributed by atoms with van der Waals surface area (Å²) in [5, 5.41) is 12.8. The fourth-order valence-corrected chi connectivity index (χ4v) is 2.60. The molecule has 100 valence electrons. The summed E-state index contributed by atoms with van der Waals surface area (Å²) in [6, 6.07) is 0. The SMILES string of the molecule is CNC(CO)(COCC1CCOCC1)C1CC1. The summed E-state index contributed by atoms with van der Waals surface area (Å²) < 4.78 is 11.2. The van der Waals surface area contributed by atoms with Gasteiger partial charge in [-0.1, -0.05) is 0 Å². The number of hydrogen-bond acceptors (Lipinski definition) is 4. The van der Waals surface area contributed by atoms with E-state index in [9.17, 15) is 5.11 Å². The molecule has 1 aliphatic heterocycles. The van der Waals surface area contributed by atoms with Crippen molar-refractivity contribution in [1.82, 2.24) is 5.32 Å². The zero-order valence-electron chi connectivity index (χ0n) is 10.8. The van der Waals surface area contributed by atoms with E-state index in [-0.39, 0.29) is 12.1 Å². The lowest BCUT2D eigenvalue weighted by molar-refractivity contribution is -0.0135. The van der Waals surface area contributed by atoms with Crippen LogP contribution in [0.3, 0.4) is 0 Å². The van der Waals surface area contributed by atoms with Gasteiger partial charge in [0.15, 0.2) is 0 Å². The average Bonchev–Trinajstić information content (AvgIpc) is 3.21. The molecule has 2 N–H and O–H groups in total. The Hall–Kier alpha value is -0.160. The second-order valence-electron chi connectivity index (χ2n) is 5.41. The van der Waals surface area contributed by atoms with Gasteiger partial charge in [-0.2, -0.15) is 0 Å². The van der Waals surface area contributed by atoms with Gasteiger partial charge in [-0.05, 0) is 44.6 Å². The Kier molecular flexibility index (Phi) is 4.79. The van der Waals surface area contributed by atoms with Crippen LogP contribution < -0.4 is 5.32 Å². The second kappa shape index (κ2) is 6.14. The third-order valence-electron chi connectivity index (χ3n) is 4.19. The Morgan fingerprint density at radius 3 is 2.53 bits per heavy atom. The number of nitrogens with one attached hydrogen (secondary N) is 1. The van der Waals surface area contributed by atoms with Crippen molar-refractivity contribution in [3.05, 3.63) is 0 Å². The van der Waals surface area contributed by atoms with Gasteiger partial charge in [0.2, 0.25) is 0 Å². The van der Waals surface area contributed by atoms with E-state index in [4.69, 9.17) is 9.47 Å². The second-order valence-corrected chi connectivity index (χ2v) is 5.41. The topological polar surface area (TPSA) is 50.7 Å². The van der Waals surface area contributed by atoms with Crippen LogP contribution >= 0.6 is 0 Å². The first-order valence-corrected chi connectivity index (χ1v) is 6.76. The highest BCUT2D eigenvalue weighted by Crippen LogP contribution is 2.39. The van der Waals surface area contributed by atoms with Gasteiger partial charge in [0, 0.05) is 19.8 Å². The van der Waals surface area contributed by atoms with Gasteiger partial charge in [0.05, 0.1) is 18.8 Å². The molecule has 1 atom stereocenters. The fourth-order valence-electron chi connectivity index (χ4n) is 2.60. The Bertz CT molecular complexity index is 221. The third-order valence-corrected chi connectivity index (χ3v) is 4.19. The molecular formula is C13H25NO3. The van der Waals surface area contributed by atoms with E-state index in [2.05, 4.69) is 5.32 Å². The summed E-state index contributed by atoms with van der Waals surface area (Å²) in [5.74, 6) is 1.23. The van der Waals surface area contributed by atoms with Gasteiger partial charge in [-0.15, -0.1) is 0 Å². The molecule has 0 aromatic heterocycles. The van der Waals surface area contributed by atoms with Gasteiger partial charge in [-0.25, -0.2) is 0 Å². The first kappa shape index (κ1) is 13.3. The quantitative estimate of drug-likeness (QED) is 0.694. The zero-order chi connectivity index (χ0) is 12.1. The predicted octanol–water partition coefficient (Wildman–Crippen LogP) is 0.790. The van der Waals surface area contributed by atoms with Gasteiger partial charge in [0.1, 0.15) is 0 Å². The molecule has 17 heavy (non-hydrogen) atoms. The van der Waals surface area contributed by atoms with Crippen LogP contribution in [0.25, 0.3) is 0 Å². The maximum absolute atomic E-state index is 9.56. The van der Waals surface area contributed by atoms with E-state index in [0.29, 0.717) is 18.4 Å². The van der Waals surface area contributed by atoms with Crippen LogP contribution in [-0.2, 0) is 9.47 Å². The van der Waals surface area contributed by atoms with Crippen molar-refractivity contribution in [2.24, 2.45) is 11.8 Å². The smallest absolute Gasteiger partial charge is 0.0676 e. The molecule has 1 aliphatic carbocycles. The molecule has 1 heterocycles. The van der Waals surface area contributed by atoms with Crippen LogP contribution in [0.4, 0.5) is 0 Å². The maximum Gasteiger partial charge on any atom is 0.0676 e. The maximum atomic E-state index is 9.56.